The molecule has 0 aliphatic carbocycles. The van der Waals surface area contributed by atoms with Gasteiger partial charge in [-0.3, -0.25) is 4.98 Å². The molecule has 0 saturated carbocycles. The molecule has 1 N–H and O–H groups in total. The highest BCUT2D eigenvalue weighted by molar-refractivity contribution is 5.90. The first-order chi connectivity index (χ1) is 10.7. The van der Waals surface area contributed by atoms with Crippen molar-refractivity contribution < 1.29 is 5.11 Å². The minimum atomic E-state index is 0.323. The molecule has 2 aliphatic rings. The van der Waals surface area contributed by atoms with Crippen LogP contribution in [0.15, 0.2) is 12.4 Å². The van der Waals surface area contributed by atoms with Gasteiger partial charge in [-0.1, -0.05) is 0 Å². The van der Waals surface area contributed by atoms with Crippen LogP contribution >= 0.6 is 0 Å². The molecule has 5 nitrogen and oxygen atoms in total. The van der Waals surface area contributed by atoms with E-state index in [0.29, 0.717) is 5.75 Å². The number of nitrogens with zero attached hydrogens (tertiary/aromatic N) is 4. The van der Waals surface area contributed by atoms with Crippen LogP contribution in [0.5, 0.6) is 5.75 Å². The van der Waals surface area contributed by atoms with Crippen LogP contribution in [-0.4, -0.2) is 57.7 Å². The smallest absolute Gasteiger partial charge is 0.143 e. The monoisotopic (exact) mass is 300 g/mol. The standard InChI is InChI=1S/C17H24N4O/c1-19-7-4-14-13(12-19)17-15(10-18-11-16(17)22)21(14)9-8-20-5-2-3-6-20/h10-11,22H,2-9,12H2,1H3. The van der Waals surface area contributed by atoms with Crippen molar-refractivity contribution in [2.45, 2.75) is 32.4 Å². The van der Waals surface area contributed by atoms with Crippen molar-refractivity contribution in [3.05, 3.63) is 23.7 Å². The van der Waals surface area contributed by atoms with Crippen LogP contribution in [0, 0.1) is 0 Å². The molecule has 0 spiro atoms. The van der Waals surface area contributed by atoms with E-state index >= 15 is 0 Å². The quantitative estimate of drug-likeness (QED) is 0.939. The van der Waals surface area contributed by atoms with Gasteiger partial charge < -0.3 is 19.5 Å². The summed E-state index contributed by atoms with van der Waals surface area (Å²) in [5.74, 6) is 0.323. The van der Waals surface area contributed by atoms with Crippen molar-refractivity contribution in [3.8, 4) is 5.75 Å². The second-order valence-corrected chi connectivity index (χ2v) is 6.67. The summed E-state index contributed by atoms with van der Waals surface area (Å²) in [4.78, 5) is 9.09. The second kappa shape index (κ2) is 5.56. The molecule has 0 amide bonds. The van der Waals surface area contributed by atoms with Gasteiger partial charge in [-0.2, -0.15) is 0 Å². The fraction of sp³-hybridized carbons (Fsp3) is 0.588. The molecular weight excluding hydrogens is 276 g/mol. The molecule has 1 fully saturated rings. The largest absolute Gasteiger partial charge is 0.506 e. The Morgan fingerprint density at radius 1 is 1.14 bits per heavy atom. The van der Waals surface area contributed by atoms with Crippen molar-refractivity contribution >= 4 is 10.9 Å². The number of hydrogen-bond donors (Lipinski definition) is 1. The summed E-state index contributed by atoms with van der Waals surface area (Å²) < 4.78 is 2.41. The predicted molar refractivity (Wildman–Crippen MR) is 87.1 cm³/mol. The zero-order valence-electron chi connectivity index (χ0n) is 13.3. The molecule has 0 radical (unpaired) electrons. The van der Waals surface area contributed by atoms with Gasteiger partial charge in [-0.25, -0.2) is 0 Å². The number of hydrogen-bond acceptors (Lipinski definition) is 4. The summed E-state index contributed by atoms with van der Waals surface area (Å²) in [6, 6.07) is 0. The van der Waals surface area contributed by atoms with Crippen molar-refractivity contribution in [1.29, 1.82) is 0 Å². The minimum absolute atomic E-state index is 0.323. The van der Waals surface area contributed by atoms with Crippen molar-refractivity contribution in [3.63, 3.8) is 0 Å². The fourth-order valence-electron chi connectivity index (χ4n) is 4.01. The first-order valence-electron chi connectivity index (χ1n) is 8.32. The number of likely N-dealkylation sites (tertiary alicyclic amines) is 1. The second-order valence-electron chi connectivity index (χ2n) is 6.67. The Bertz CT molecular complexity index is 688. The fourth-order valence-corrected chi connectivity index (χ4v) is 4.01. The Labute approximate surface area is 131 Å². The summed E-state index contributed by atoms with van der Waals surface area (Å²) in [5, 5.41) is 11.3. The summed E-state index contributed by atoms with van der Waals surface area (Å²) in [7, 11) is 2.15. The summed E-state index contributed by atoms with van der Waals surface area (Å²) in [6.07, 6.45) is 7.20. The van der Waals surface area contributed by atoms with E-state index in [2.05, 4.69) is 26.4 Å². The third kappa shape index (κ3) is 2.29. The summed E-state index contributed by atoms with van der Waals surface area (Å²) in [6.45, 7) is 6.56. The number of aromatic hydroxyl groups is 1. The third-order valence-corrected chi connectivity index (χ3v) is 5.17. The molecule has 2 aromatic heterocycles. The van der Waals surface area contributed by atoms with Gasteiger partial charge >= 0.3 is 0 Å². The molecule has 2 aliphatic heterocycles. The van der Waals surface area contributed by atoms with E-state index in [9.17, 15) is 5.11 Å². The lowest BCUT2D eigenvalue weighted by Crippen LogP contribution is -2.29. The van der Waals surface area contributed by atoms with Crippen LogP contribution < -0.4 is 0 Å². The predicted octanol–water partition coefficient (Wildman–Crippen LogP) is 1.83. The van der Waals surface area contributed by atoms with Crippen molar-refractivity contribution in [2.24, 2.45) is 0 Å². The van der Waals surface area contributed by atoms with Gasteiger partial charge in [0.2, 0.25) is 0 Å². The van der Waals surface area contributed by atoms with Gasteiger partial charge in [0.1, 0.15) is 5.75 Å². The molecule has 4 rings (SSSR count). The maximum absolute atomic E-state index is 10.3. The number of likely N-dealkylation sites (N-methyl/N-ethyl adjacent to an activating group) is 1. The lowest BCUT2D eigenvalue weighted by Gasteiger charge is -2.25. The van der Waals surface area contributed by atoms with E-state index in [-0.39, 0.29) is 0 Å². The SMILES string of the molecule is CN1CCc2c(c3c(O)cncc3n2CCN2CCCC2)C1. The number of fused-ring (bicyclic) bond motifs is 3. The Morgan fingerprint density at radius 3 is 2.77 bits per heavy atom. The first-order valence-corrected chi connectivity index (χ1v) is 8.32. The van der Waals surface area contributed by atoms with Gasteiger partial charge in [0.15, 0.2) is 0 Å². The zero-order chi connectivity index (χ0) is 15.1. The Balaban J connectivity index is 1.74. The molecule has 0 aromatic carbocycles. The highest BCUT2D eigenvalue weighted by Crippen LogP contribution is 2.35. The van der Waals surface area contributed by atoms with Gasteiger partial charge in [0.25, 0.3) is 0 Å². The molecule has 0 bridgehead atoms. The molecule has 1 saturated heterocycles. The van der Waals surface area contributed by atoms with E-state index in [1.54, 1.807) is 6.20 Å². The maximum atomic E-state index is 10.3. The Hall–Kier alpha value is -1.59. The van der Waals surface area contributed by atoms with Crippen LogP contribution in [-0.2, 0) is 19.5 Å². The van der Waals surface area contributed by atoms with E-state index in [0.717, 1.165) is 43.5 Å². The molecule has 5 heteroatoms. The van der Waals surface area contributed by atoms with Gasteiger partial charge in [0.05, 0.1) is 17.9 Å². The molecule has 0 unspecified atom stereocenters. The minimum Gasteiger partial charge on any atom is -0.506 e. The molecule has 118 valence electrons. The molecule has 0 atom stereocenters. The van der Waals surface area contributed by atoms with E-state index in [1.165, 1.54) is 37.2 Å². The average molecular weight is 300 g/mol. The summed E-state index contributed by atoms with van der Waals surface area (Å²) in [5.41, 5.74) is 3.79. The molecule has 22 heavy (non-hydrogen) atoms. The van der Waals surface area contributed by atoms with E-state index in [4.69, 9.17) is 0 Å². The number of aromatic nitrogens is 2. The average Bonchev–Trinajstić information content (AvgIpc) is 3.11. The topological polar surface area (TPSA) is 44.5 Å². The third-order valence-electron chi connectivity index (χ3n) is 5.17. The summed E-state index contributed by atoms with van der Waals surface area (Å²) >= 11 is 0. The zero-order valence-corrected chi connectivity index (χ0v) is 13.3. The van der Waals surface area contributed by atoms with Crippen molar-refractivity contribution in [2.75, 3.05) is 33.2 Å². The van der Waals surface area contributed by atoms with E-state index in [1.807, 2.05) is 6.20 Å². The first kappa shape index (κ1) is 14.0. The number of pyridine rings is 1. The van der Waals surface area contributed by atoms with E-state index < -0.39 is 0 Å². The van der Waals surface area contributed by atoms with Gasteiger partial charge in [-0.15, -0.1) is 0 Å². The van der Waals surface area contributed by atoms with Crippen LogP contribution in [0.1, 0.15) is 24.1 Å². The molecule has 2 aromatic rings. The van der Waals surface area contributed by atoms with Gasteiger partial charge in [-0.05, 0) is 38.5 Å². The van der Waals surface area contributed by atoms with Crippen LogP contribution in [0.25, 0.3) is 10.9 Å². The maximum Gasteiger partial charge on any atom is 0.143 e. The number of rotatable bonds is 3. The lowest BCUT2D eigenvalue weighted by molar-refractivity contribution is 0.300. The molecule has 4 heterocycles. The Kier molecular flexibility index (Phi) is 3.54. The Morgan fingerprint density at radius 2 is 1.95 bits per heavy atom. The van der Waals surface area contributed by atoms with Gasteiger partial charge in [0, 0.05) is 43.7 Å². The van der Waals surface area contributed by atoms with Crippen LogP contribution in [0.2, 0.25) is 0 Å². The highest BCUT2D eigenvalue weighted by Gasteiger charge is 2.24. The van der Waals surface area contributed by atoms with Crippen LogP contribution in [0.3, 0.4) is 0 Å². The van der Waals surface area contributed by atoms with Crippen molar-refractivity contribution in [1.82, 2.24) is 19.4 Å². The molecular formula is C17H24N4O. The lowest BCUT2D eigenvalue weighted by atomic mass is 10.1. The normalized spacial score (nSPS) is 19.9. The van der Waals surface area contributed by atoms with Crippen LogP contribution in [0.4, 0.5) is 0 Å². The highest BCUT2D eigenvalue weighted by atomic mass is 16.3.